The Labute approximate surface area is 192 Å². The van der Waals surface area contributed by atoms with Crippen LogP contribution < -0.4 is 5.32 Å². The molecule has 7 nitrogen and oxygen atoms in total. The van der Waals surface area contributed by atoms with E-state index in [1.165, 1.54) is 16.0 Å². The highest BCUT2D eigenvalue weighted by atomic mass is 16.5. The van der Waals surface area contributed by atoms with Crippen molar-refractivity contribution in [3.63, 3.8) is 0 Å². The fraction of sp³-hybridized carbons (Fsp3) is 0.423. The van der Waals surface area contributed by atoms with Crippen LogP contribution in [-0.2, 0) is 14.3 Å². The van der Waals surface area contributed by atoms with E-state index in [1.54, 1.807) is 0 Å². The number of nitrogens with zero attached hydrogens (tertiary/aromatic N) is 1. The first-order valence-electron chi connectivity index (χ1n) is 11.7. The van der Waals surface area contributed by atoms with E-state index in [-0.39, 0.29) is 30.4 Å². The van der Waals surface area contributed by atoms with Gasteiger partial charge < -0.3 is 20.1 Å². The molecule has 33 heavy (non-hydrogen) atoms. The van der Waals surface area contributed by atoms with Crippen molar-refractivity contribution in [2.45, 2.75) is 50.1 Å². The largest absolute Gasteiger partial charge is 0.480 e. The lowest BCUT2D eigenvalue weighted by atomic mass is 9.83. The average molecular weight is 449 g/mol. The number of nitrogens with one attached hydrogen (secondary N) is 1. The van der Waals surface area contributed by atoms with E-state index in [9.17, 15) is 19.5 Å². The highest BCUT2D eigenvalue weighted by molar-refractivity contribution is 5.87. The molecule has 2 amide bonds. The van der Waals surface area contributed by atoms with Gasteiger partial charge in [0.25, 0.3) is 0 Å². The molecular weight excluding hydrogens is 420 g/mol. The topological polar surface area (TPSA) is 95.9 Å². The lowest BCUT2D eigenvalue weighted by Crippen LogP contribution is -2.57. The van der Waals surface area contributed by atoms with Crippen molar-refractivity contribution in [1.82, 2.24) is 10.2 Å². The molecule has 1 saturated carbocycles. The number of amides is 2. The monoisotopic (exact) mass is 448 g/mol. The minimum absolute atomic E-state index is 0.00296. The number of benzene rings is 2. The lowest BCUT2D eigenvalue weighted by molar-refractivity contribution is -0.160. The maximum absolute atomic E-state index is 12.8. The molecule has 2 fully saturated rings. The molecule has 2 aromatic rings. The highest BCUT2D eigenvalue weighted by Crippen LogP contribution is 2.44. The van der Waals surface area contributed by atoms with Crippen LogP contribution in [0.1, 0.15) is 49.1 Å². The summed E-state index contributed by atoms with van der Waals surface area (Å²) in [5, 5.41) is 12.2. The minimum Gasteiger partial charge on any atom is -0.480 e. The fourth-order valence-electron chi connectivity index (χ4n) is 5.49. The minimum atomic E-state index is -0.946. The van der Waals surface area contributed by atoms with Crippen molar-refractivity contribution in [2.75, 3.05) is 13.2 Å². The van der Waals surface area contributed by atoms with Crippen LogP contribution in [-0.4, -0.2) is 53.2 Å². The number of likely N-dealkylation sites (tertiary alicyclic amines) is 1. The van der Waals surface area contributed by atoms with Crippen molar-refractivity contribution in [2.24, 2.45) is 5.92 Å². The molecule has 1 saturated heterocycles. The first kappa shape index (κ1) is 21.5. The fourth-order valence-corrected chi connectivity index (χ4v) is 5.49. The second-order valence-electron chi connectivity index (χ2n) is 9.20. The molecule has 2 aromatic carbocycles. The number of carbonyl (C=O) groups is 3. The lowest BCUT2D eigenvalue weighted by Gasteiger charge is -2.41. The Morgan fingerprint density at radius 2 is 1.64 bits per heavy atom. The van der Waals surface area contributed by atoms with Gasteiger partial charge in [0.2, 0.25) is 5.91 Å². The summed E-state index contributed by atoms with van der Waals surface area (Å²) in [5.41, 5.74) is 4.69. The van der Waals surface area contributed by atoms with E-state index in [0.717, 1.165) is 30.4 Å². The van der Waals surface area contributed by atoms with Crippen molar-refractivity contribution >= 4 is 18.0 Å². The number of alkyl carbamates (subject to hydrolysis) is 1. The van der Waals surface area contributed by atoms with Gasteiger partial charge in [-0.1, -0.05) is 55.0 Å². The van der Waals surface area contributed by atoms with E-state index in [2.05, 4.69) is 29.6 Å². The zero-order valence-corrected chi connectivity index (χ0v) is 18.4. The quantitative estimate of drug-likeness (QED) is 0.726. The van der Waals surface area contributed by atoms with E-state index < -0.39 is 18.1 Å². The van der Waals surface area contributed by atoms with Gasteiger partial charge in [0.15, 0.2) is 0 Å². The number of hydrogen-bond acceptors (Lipinski definition) is 4. The number of ether oxygens (including phenoxy) is 1. The zero-order chi connectivity index (χ0) is 22.9. The molecule has 0 spiro atoms. The molecule has 7 heteroatoms. The van der Waals surface area contributed by atoms with Crippen LogP contribution in [0.4, 0.5) is 4.79 Å². The highest BCUT2D eigenvalue weighted by Gasteiger charge is 2.41. The number of rotatable bonds is 5. The SMILES string of the molecule is O=C(N[C@@H]1CCC[C@@H](C(=O)N2CCC2C(=O)O)C1)OCC1c2ccccc2-c2ccccc21. The summed E-state index contributed by atoms with van der Waals surface area (Å²) in [6.45, 7) is 0.750. The predicted octanol–water partition coefficient (Wildman–Crippen LogP) is 3.77. The van der Waals surface area contributed by atoms with E-state index >= 15 is 0 Å². The standard InChI is InChI=1S/C26H28N2O5/c29-24(28-13-12-23(28)25(30)31)16-6-5-7-17(14-16)27-26(32)33-15-22-20-10-3-1-8-18(20)19-9-2-4-11-21(19)22/h1-4,8-11,16-17,22-23H,5-7,12-15H2,(H,27,32)(H,30,31)/t16-,17-,23?/m1/s1. The van der Waals surface area contributed by atoms with Crippen LogP contribution in [0.25, 0.3) is 11.1 Å². The Hall–Kier alpha value is -3.35. The predicted molar refractivity (Wildman–Crippen MR) is 122 cm³/mol. The van der Waals surface area contributed by atoms with Crippen molar-refractivity contribution in [3.8, 4) is 11.1 Å². The zero-order valence-electron chi connectivity index (χ0n) is 18.4. The molecule has 172 valence electrons. The third-order valence-electron chi connectivity index (χ3n) is 7.28. The summed E-state index contributed by atoms with van der Waals surface area (Å²) in [4.78, 5) is 38.1. The normalized spacial score (nSPS) is 23.8. The Morgan fingerprint density at radius 3 is 2.24 bits per heavy atom. The number of carbonyl (C=O) groups excluding carboxylic acids is 2. The molecule has 1 aliphatic heterocycles. The van der Waals surface area contributed by atoms with Crippen molar-refractivity contribution in [3.05, 3.63) is 59.7 Å². The van der Waals surface area contributed by atoms with Gasteiger partial charge in [-0.15, -0.1) is 0 Å². The summed E-state index contributed by atoms with van der Waals surface area (Å²) < 4.78 is 5.64. The first-order valence-corrected chi connectivity index (χ1v) is 11.7. The van der Waals surface area contributed by atoms with Gasteiger partial charge in [0, 0.05) is 24.4 Å². The number of carboxylic acids is 1. The molecule has 3 atom stereocenters. The molecule has 1 heterocycles. The average Bonchev–Trinajstić information content (AvgIpc) is 3.10. The number of hydrogen-bond donors (Lipinski definition) is 2. The molecule has 2 aliphatic carbocycles. The molecule has 0 aromatic heterocycles. The van der Waals surface area contributed by atoms with Gasteiger partial charge in [0.05, 0.1) is 0 Å². The van der Waals surface area contributed by atoms with E-state index in [4.69, 9.17) is 4.74 Å². The Kier molecular flexibility index (Phi) is 5.79. The maximum Gasteiger partial charge on any atom is 0.407 e. The van der Waals surface area contributed by atoms with Crippen LogP contribution in [0.3, 0.4) is 0 Å². The van der Waals surface area contributed by atoms with Gasteiger partial charge in [-0.05, 0) is 47.9 Å². The molecule has 0 radical (unpaired) electrons. The van der Waals surface area contributed by atoms with Crippen LogP contribution in [0.15, 0.2) is 48.5 Å². The molecule has 1 unspecified atom stereocenters. The molecule has 3 aliphatic rings. The maximum atomic E-state index is 12.8. The van der Waals surface area contributed by atoms with E-state index in [0.29, 0.717) is 19.4 Å². The summed E-state index contributed by atoms with van der Waals surface area (Å²) >= 11 is 0. The third-order valence-corrected chi connectivity index (χ3v) is 7.28. The smallest absolute Gasteiger partial charge is 0.407 e. The van der Waals surface area contributed by atoms with Gasteiger partial charge in [0.1, 0.15) is 12.6 Å². The van der Waals surface area contributed by atoms with Gasteiger partial charge in [-0.3, -0.25) is 4.79 Å². The van der Waals surface area contributed by atoms with Crippen molar-refractivity contribution in [1.29, 1.82) is 0 Å². The van der Waals surface area contributed by atoms with Crippen LogP contribution in [0.5, 0.6) is 0 Å². The Balaban J connectivity index is 1.17. The number of carboxylic acid groups (broad SMARTS) is 1. The summed E-state index contributed by atoms with van der Waals surface area (Å²) in [5.74, 6) is -1.30. The second kappa shape index (κ2) is 8.89. The molecular formula is C26H28N2O5. The first-order chi connectivity index (χ1) is 16.0. The molecule has 5 rings (SSSR count). The third kappa shape index (κ3) is 4.08. The van der Waals surface area contributed by atoms with E-state index in [1.807, 2.05) is 24.3 Å². The summed E-state index contributed by atoms with van der Waals surface area (Å²) in [6, 6.07) is 15.6. The molecule has 0 bridgehead atoms. The second-order valence-corrected chi connectivity index (χ2v) is 9.20. The number of aliphatic carboxylic acids is 1. The van der Waals surface area contributed by atoms with Crippen LogP contribution in [0.2, 0.25) is 0 Å². The van der Waals surface area contributed by atoms with Crippen LogP contribution in [0, 0.1) is 5.92 Å². The molecule has 2 N–H and O–H groups in total. The van der Waals surface area contributed by atoms with Crippen LogP contribution >= 0.6 is 0 Å². The van der Waals surface area contributed by atoms with Crippen molar-refractivity contribution < 1.29 is 24.2 Å². The summed E-state index contributed by atoms with van der Waals surface area (Å²) in [6.07, 6.45) is 2.89. The Morgan fingerprint density at radius 1 is 0.970 bits per heavy atom. The summed E-state index contributed by atoms with van der Waals surface area (Å²) in [7, 11) is 0. The van der Waals surface area contributed by atoms with Gasteiger partial charge in [-0.25, -0.2) is 9.59 Å². The van der Waals surface area contributed by atoms with Gasteiger partial charge in [-0.2, -0.15) is 0 Å². The Bertz CT molecular complexity index is 1040. The van der Waals surface area contributed by atoms with Gasteiger partial charge >= 0.3 is 12.1 Å². The number of fused-ring (bicyclic) bond motifs is 3.